The first-order chi connectivity index (χ1) is 10.1. The third-order valence-corrected chi connectivity index (χ3v) is 2.88. The Labute approximate surface area is 125 Å². The van der Waals surface area contributed by atoms with E-state index in [1.54, 1.807) is 0 Å². The minimum atomic E-state index is -1.92. The predicted molar refractivity (Wildman–Crippen MR) is 76.9 cm³/mol. The number of hydrogen-bond donors (Lipinski definition) is 1. The van der Waals surface area contributed by atoms with Crippen LogP contribution in [0.4, 0.5) is 0 Å². The number of rotatable bonds is 6. The van der Waals surface area contributed by atoms with Gasteiger partial charge in [-0.25, -0.2) is 0 Å². The normalized spacial score (nSPS) is 19.9. The largest absolute Gasteiger partial charge is 0.493 e. The lowest BCUT2D eigenvalue weighted by Gasteiger charge is -2.32. The topological polar surface area (TPSA) is 65.0 Å². The van der Waals surface area contributed by atoms with E-state index in [4.69, 9.17) is 14.2 Å². The summed E-state index contributed by atoms with van der Waals surface area (Å²) in [5, 5.41) is 10.1. The fourth-order valence-corrected chi connectivity index (χ4v) is 1.73. The summed E-state index contributed by atoms with van der Waals surface area (Å²) in [6.45, 7) is 2.47. The van der Waals surface area contributed by atoms with Crippen molar-refractivity contribution >= 4 is 5.78 Å². The maximum atomic E-state index is 11.7. The Morgan fingerprint density at radius 1 is 1.14 bits per heavy atom. The van der Waals surface area contributed by atoms with E-state index in [0.29, 0.717) is 0 Å². The molecule has 0 aromatic heterocycles. The molecule has 0 saturated heterocycles. The molecule has 0 aliphatic heterocycles. The maximum absolute atomic E-state index is 11.7. The first kappa shape index (κ1) is 17.1. The highest BCUT2D eigenvalue weighted by Crippen LogP contribution is 2.35. The van der Waals surface area contributed by atoms with Crippen LogP contribution >= 0.6 is 0 Å². The molecule has 114 valence electrons. The summed E-state index contributed by atoms with van der Waals surface area (Å²) >= 11 is 0. The van der Waals surface area contributed by atoms with Crippen LogP contribution in [0.15, 0.2) is 11.5 Å². The number of ether oxygens (including phenoxy) is 3. The maximum Gasteiger partial charge on any atom is 0.254 e. The predicted octanol–water partition coefficient (Wildman–Crippen LogP) is 1.02. The Bertz CT molecular complexity index is 526. The average Bonchev–Trinajstić information content (AvgIpc) is 2.49. The number of carbonyl (C=O) groups is 1. The van der Waals surface area contributed by atoms with Crippen molar-refractivity contribution in [1.29, 1.82) is 0 Å². The summed E-state index contributed by atoms with van der Waals surface area (Å²) < 4.78 is 14.9. The third kappa shape index (κ3) is 4.01. The van der Waals surface area contributed by atoms with E-state index in [0.717, 1.165) is 19.3 Å². The third-order valence-electron chi connectivity index (χ3n) is 2.88. The second kappa shape index (κ2) is 8.36. The lowest BCUT2D eigenvalue weighted by Crippen LogP contribution is -2.51. The number of hydrogen-bond acceptors (Lipinski definition) is 5. The molecule has 1 atom stereocenters. The van der Waals surface area contributed by atoms with Crippen molar-refractivity contribution < 1.29 is 24.1 Å². The van der Waals surface area contributed by atoms with Gasteiger partial charge in [-0.1, -0.05) is 25.2 Å². The zero-order valence-electron chi connectivity index (χ0n) is 12.6. The SMILES string of the molecule is CCCCC#CCOCC#CC1(O)C(=O)C(OC)=C1OC. The quantitative estimate of drug-likeness (QED) is 0.585. The Morgan fingerprint density at radius 2 is 1.86 bits per heavy atom. The minimum Gasteiger partial charge on any atom is -0.493 e. The van der Waals surface area contributed by atoms with Crippen molar-refractivity contribution in [3.63, 3.8) is 0 Å². The van der Waals surface area contributed by atoms with Gasteiger partial charge >= 0.3 is 0 Å². The van der Waals surface area contributed by atoms with Gasteiger partial charge in [-0.2, -0.15) is 0 Å². The molecule has 0 spiro atoms. The molecule has 1 aliphatic rings. The summed E-state index contributed by atoms with van der Waals surface area (Å²) in [5.41, 5.74) is -1.92. The summed E-state index contributed by atoms with van der Waals surface area (Å²) in [6, 6.07) is 0. The first-order valence-corrected chi connectivity index (χ1v) is 6.75. The monoisotopic (exact) mass is 292 g/mol. The summed E-state index contributed by atoms with van der Waals surface area (Å²) in [6.07, 6.45) is 3.06. The Morgan fingerprint density at radius 3 is 2.48 bits per heavy atom. The van der Waals surface area contributed by atoms with Crippen LogP contribution in [0.5, 0.6) is 0 Å². The second-order valence-corrected chi connectivity index (χ2v) is 4.36. The fraction of sp³-hybridized carbons (Fsp3) is 0.562. The zero-order valence-corrected chi connectivity index (χ0v) is 12.6. The van der Waals surface area contributed by atoms with Gasteiger partial charge in [-0.15, -0.1) is 5.92 Å². The van der Waals surface area contributed by atoms with E-state index in [1.165, 1.54) is 14.2 Å². The van der Waals surface area contributed by atoms with Gasteiger partial charge in [0.05, 0.1) is 14.2 Å². The van der Waals surface area contributed by atoms with E-state index in [2.05, 4.69) is 30.6 Å². The molecule has 1 rings (SSSR count). The molecule has 0 heterocycles. The Hall–Kier alpha value is -1.95. The van der Waals surface area contributed by atoms with Crippen molar-refractivity contribution in [2.24, 2.45) is 0 Å². The van der Waals surface area contributed by atoms with Crippen LogP contribution in [0.2, 0.25) is 0 Å². The van der Waals surface area contributed by atoms with Gasteiger partial charge in [-0.3, -0.25) is 4.79 Å². The van der Waals surface area contributed by atoms with E-state index < -0.39 is 11.4 Å². The van der Waals surface area contributed by atoms with Crippen LogP contribution < -0.4 is 0 Å². The lowest BCUT2D eigenvalue weighted by atomic mass is 9.83. The minimum absolute atomic E-state index is 0.00277. The summed E-state index contributed by atoms with van der Waals surface area (Å²) in [7, 11) is 2.68. The highest BCUT2D eigenvalue weighted by molar-refractivity contribution is 6.12. The number of ketones is 1. The molecule has 21 heavy (non-hydrogen) atoms. The number of unbranched alkanes of at least 4 members (excludes halogenated alkanes) is 2. The Balaban J connectivity index is 2.43. The molecule has 1 N–H and O–H groups in total. The highest BCUT2D eigenvalue weighted by atomic mass is 16.5. The lowest BCUT2D eigenvalue weighted by molar-refractivity contribution is -0.138. The smallest absolute Gasteiger partial charge is 0.254 e. The molecule has 1 aliphatic carbocycles. The van der Waals surface area contributed by atoms with Gasteiger partial charge in [0.25, 0.3) is 11.4 Å². The van der Waals surface area contributed by atoms with E-state index >= 15 is 0 Å². The fourth-order valence-electron chi connectivity index (χ4n) is 1.73. The first-order valence-electron chi connectivity index (χ1n) is 6.75. The van der Waals surface area contributed by atoms with Crippen molar-refractivity contribution in [3.05, 3.63) is 11.5 Å². The van der Waals surface area contributed by atoms with Gasteiger partial charge in [0.15, 0.2) is 5.76 Å². The zero-order chi connectivity index (χ0) is 15.7. The van der Waals surface area contributed by atoms with Gasteiger partial charge in [-0.05, 0) is 12.3 Å². The molecule has 0 radical (unpaired) electrons. The molecule has 0 amide bonds. The molecule has 1 unspecified atom stereocenters. The Kier molecular flexibility index (Phi) is 6.81. The van der Waals surface area contributed by atoms with Crippen LogP contribution in [0, 0.1) is 23.7 Å². The number of Topliss-reactive ketones (excluding diaryl/α,β-unsaturated/α-hetero) is 1. The van der Waals surface area contributed by atoms with Crippen LogP contribution in [0.3, 0.4) is 0 Å². The van der Waals surface area contributed by atoms with Crippen molar-refractivity contribution in [3.8, 4) is 23.7 Å². The molecule has 0 saturated carbocycles. The van der Waals surface area contributed by atoms with Crippen LogP contribution in [0.25, 0.3) is 0 Å². The average molecular weight is 292 g/mol. The van der Waals surface area contributed by atoms with Gasteiger partial charge in [0, 0.05) is 6.42 Å². The molecule has 5 nitrogen and oxygen atoms in total. The highest BCUT2D eigenvalue weighted by Gasteiger charge is 2.55. The summed E-state index contributed by atoms with van der Waals surface area (Å²) in [5.74, 6) is 10.3. The number of aliphatic hydroxyl groups is 1. The van der Waals surface area contributed by atoms with E-state index in [1.807, 2.05) is 0 Å². The van der Waals surface area contributed by atoms with Gasteiger partial charge in [0.2, 0.25) is 5.76 Å². The van der Waals surface area contributed by atoms with Crippen molar-refractivity contribution in [1.82, 2.24) is 0 Å². The van der Waals surface area contributed by atoms with E-state index in [9.17, 15) is 9.90 Å². The van der Waals surface area contributed by atoms with Crippen LogP contribution in [-0.2, 0) is 19.0 Å². The molecule has 5 heteroatoms. The summed E-state index contributed by atoms with van der Waals surface area (Å²) in [4.78, 5) is 11.7. The molecule has 0 aromatic carbocycles. The molecule has 0 bridgehead atoms. The molecular formula is C16H20O5. The van der Waals surface area contributed by atoms with Gasteiger partial charge < -0.3 is 19.3 Å². The van der Waals surface area contributed by atoms with E-state index in [-0.39, 0.29) is 24.7 Å². The van der Waals surface area contributed by atoms with Crippen LogP contribution in [-0.4, -0.2) is 43.9 Å². The number of methoxy groups -OCH3 is 2. The second-order valence-electron chi connectivity index (χ2n) is 4.36. The standard InChI is InChI=1S/C16H20O5/c1-4-5-6-7-8-11-21-12-9-10-16(18)14(17)13(19-2)15(16)20-3/h18H,4-6,11-12H2,1-3H3. The molecular weight excluding hydrogens is 272 g/mol. The number of carbonyl (C=O) groups excluding carboxylic acids is 1. The van der Waals surface area contributed by atoms with Crippen molar-refractivity contribution in [2.45, 2.75) is 31.8 Å². The van der Waals surface area contributed by atoms with Gasteiger partial charge in [0.1, 0.15) is 13.2 Å². The van der Waals surface area contributed by atoms with Crippen LogP contribution in [0.1, 0.15) is 26.2 Å². The molecule has 0 aromatic rings. The van der Waals surface area contributed by atoms with Crippen molar-refractivity contribution in [2.75, 3.05) is 27.4 Å². The molecule has 0 fully saturated rings.